The monoisotopic (exact) mass is 217 g/mol. The molecule has 0 aliphatic rings. The Hall–Kier alpha value is -1.10. The van der Waals surface area contributed by atoms with E-state index in [-0.39, 0.29) is 12.5 Å². The van der Waals surface area contributed by atoms with Gasteiger partial charge in [0.05, 0.1) is 6.54 Å². The summed E-state index contributed by atoms with van der Waals surface area (Å²) in [7, 11) is 0. The first-order chi connectivity index (χ1) is 6.81. The molecule has 0 amide bonds. The van der Waals surface area contributed by atoms with Crippen LogP contribution < -0.4 is 5.32 Å². The summed E-state index contributed by atoms with van der Waals surface area (Å²) in [6, 6.07) is 0. The Morgan fingerprint density at radius 1 is 1.33 bits per heavy atom. The number of carboxylic acids is 1. The molecule has 0 fully saturated rings. The van der Waals surface area contributed by atoms with Gasteiger partial charge in [-0.15, -0.1) is 0 Å². The number of carbonyl (C=O) groups excluding carboxylic acids is 1. The predicted octanol–water partition coefficient (Wildman–Crippen LogP) is 0.782. The normalized spacial score (nSPS) is 11.1. The molecule has 0 heterocycles. The number of hydrogen-bond acceptors (Lipinski definition) is 4. The summed E-state index contributed by atoms with van der Waals surface area (Å²) >= 11 is 0. The Morgan fingerprint density at radius 2 is 1.93 bits per heavy atom. The molecule has 15 heavy (non-hydrogen) atoms. The summed E-state index contributed by atoms with van der Waals surface area (Å²) in [6.07, 6.45) is 0.895. The van der Waals surface area contributed by atoms with E-state index in [9.17, 15) is 9.59 Å². The summed E-state index contributed by atoms with van der Waals surface area (Å²) in [4.78, 5) is 21.3. The van der Waals surface area contributed by atoms with Gasteiger partial charge in [-0.3, -0.25) is 9.59 Å². The third-order valence-corrected chi connectivity index (χ3v) is 1.43. The molecule has 0 rings (SSSR count). The van der Waals surface area contributed by atoms with Crippen LogP contribution in [0.2, 0.25) is 0 Å². The lowest BCUT2D eigenvalue weighted by Gasteiger charge is -2.19. The fourth-order valence-electron chi connectivity index (χ4n) is 0.946. The number of ether oxygens (including phenoxy) is 1. The molecule has 88 valence electrons. The zero-order valence-corrected chi connectivity index (χ0v) is 9.50. The molecule has 0 aromatic carbocycles. The third kappa shape index (κ3) is 10.8. The van der Waals surface area contributed by atoms with Crippen LogP contribution in [0.5, 0.6) is 0 Å². The van der Waals surface area contributed by atoms with Crippen molar-refractivity contribution >= 4 is 11.9 Å². The van der Waals surface area contributed by atoms with Crippen molar-refractivity contribution in [2.24, 2.45) is 0 Å². The van der Waals surface area contributed by atoms with Crippen LogP contribution in [0.4, 0.5) is 0 Å². The lowest BCUT2D eigenvalue weighted by atomic mass is 10.2. The maximum Gasteiger partial charge on any atom is 0.317 e. The van der Waals surface area contributed by atoms with Gasteiger partial charge in [-0.25, -0.2) is 0 Å². The van der Waals surface area contributed by atoms with Gasteiger partial charge in [0.1, 0.15) is 5.60 Å². The van der Waals surface area contributed by atoms with Crippen molar-refractivity contribution in [3.63, 3.8) is 0 Å². The van der Waals surface area contributed by atoms with Crippen LogP contribution in [0, 0.1) is 0 Å². The molecule has 0 saturated heterocycles. The van der Waals surface area contributed by atoms with Crippen LogP contribution in [-0.4, -0.2) is 35.7 Å². The lowest BCUT2D eigenvalue weighted by Crippen LogP contribution is -2.26. The van der Waals surface area contributed by atoms with Crippen LogP contribution in [0.3, 0.4) is 0 Å². The molecule has 0 saturated carbocycles. The maximum atomic E-state index is 11.2. The zero-order chi connectivity index (χ0) is 11.9. The highest BCUT2D eigenvalue weighted by Crippen LogP contribution is 2.08. The predicted molar refractivity (Wildman–Crippen MR) is 55.6 cm³/mol. The van der Waals surface area contributed by atoms with Crippen LogP contribution in [-0.2, 0) is 14.3 Å². The fourth-order valence-corrected chi connectivity index (χ4v) is 0.946. The maximum absolute atomic E-state index is 11.2. The second-order valence-corrected chi connectivity index (χ2v) is 4.26. The molecule has 0 aromatic heterocycles. The summed E-state index contributed by atoms with van der Waals surface area (Å²) < 4.78 is 5.08. The molecule has 0 atom stereocenters. The van der Waals surface area contributed by atoms with Crippen LogP contribution in [0.25, 0.3) is 0 Å². The highest BCUT2D eigenvalue weighted by molar-refractivity contribution is 5.70. The molecule has 0 spiro atoms. The van der Waals surface area contributed by atoms with Gasteiger partial charge >= 0.3 is 11.9 Å². The molecule has 0 bridgehead atoms. The average Bonchev–Trinajstić information content (AvgIpc) is 1.99. The van der Waals surface area contributed by atoms with Gasteiger partial charge in [-0.05, 0) is 33.7 Å². The van der Waals surface area contributed by atoms with Crippen molar-refractivity contribution in [2.75, 3.05) is 13.1 Å². The van der Waals surface area contributed by atoms with E-state index in [1.165, 1.54) is 0 Å². The Morgan fingerprint density at radius 3 is 2.40 bits per heavy atom. The Balaban J connectivity index is 3.44. The first kappa shape index (κ1) is 13.9. The number of carbonyl (C=O) groups is 2. The van der Waals surface area contributed by atoms with E-state index in [1.54, 1.807) is 0 Å². The molecule has 0 aliphatic carbocycles. The Labute approximate surface area is 89.8 Å². The molecular formula is C10H19NO4. The number of rotatable bonds is 6. The van der Waals surface area contributed by atoms with Crippen LogP contribution in [0.1, 0.15) is 33.6 Å². The summed E-state index contributed by atoms with van der Waals surface area (Å²) in [5, 5.41) is 11.0. The number of carboxylic acid groups (broad SMARTS) is 1. The van der Waals surface area contributed by atoms with Gasteiger partial charge in [0.15, 0.2) is 0 Å². The molecule has 0 aliphatic heterocycles. The van der Waals surface area contributed by atoms with Gasteiger partial charge in [0, 0.05) is 6.42 Å². The van der Waals surface area contributed by atoms with E-state index in [1.807, 2.05) is 20.8 Å². The smallest absolute Gasteiger partial charge is 0.317 e. The van der Waals surface area contributed by atoms with Crippen molar-refractivity contribution in [2.45, 2.75) is 39.2 Å². The number of esters is 1. The minimum Gasteiger partial charge on any atom is -0.480 e. The summed E-state index contributed by atoms with van der Waals surface area (Å²) in [5.74, 6) is -1.15. The third-order valence-electron chi connectivity index (χ3n) is 1.43. The van der Waals surface area contributed by atoms with E-state index in [0.717, 1.165) is 0 Å². The van der Waals surface area contributed by atoms with Gasteiger partial charge in [0.25, 0.3) is 0 Å². The molecule has 5 heteroatoms. The van der Waals surface area contributed by atoms with Crippen LogP contribution in [0.15, 0.2) is 0 Å². The van der Waals surface area contributed by atoms with Gasteiger partial charge < -0.3 is 15.2 Å². The zero-order valence-electron chi connectivity index (χ0n) is 9.50. The van der Waals surface area contributed by atoms with E-state index in [4.69, 9.17) is 9.84 Å². The molecule has 5 nitrogen and oxygen atoms in total. The van der Waals surface area contributed by atoms with E-state index in [2.05, 4.69) is 5.32 Å². The lowest BCUT2D eigenvalue weighted by molar-refractivity contribution is -0.154. The second-order valence-electron chi connectivity index (χ2n) is 4.26. The van der Waals surface area contributed by atoms with Crippen molar-refractivity contribution in [3.8, 4) is 0 Å². The topological polar surface area (TPSA) is 75.6 Å². The number of aliphatic carboxylic acids is 1. The van der Waals surface area contributed by atoms with Crippen molar-refractivity contribution in [1.82, 2.24) is 5.32 Å². The highest BCUT2D eigenvalue weighted by atomic mass is 16.6. The van der Waals surface area contributed by atoms with Crippen molar-refractivity contribution in [1.29, 1.82) is 0 Å². The number of hydrogen-bond donors (Lipinski definition) is 2. The second kappa shape index (κ2) is 6.40. The molecule has 0 radical (unpaired) electrons. The molecule has 2 N–H and O–H groups in total. The molecule has 0 aromatic rings. The quantitative estimate of drug-likeness (QED) is 0.508. The molecular weight excluding hydrogens is 198 g/mol. The standard InChI is InChI=1S/C10H19NO4/c1-10(2,3)15-9(14)5-4-6-11-7-8(12)13/h11H,4-7H2,1-3H3,(H,12,13). The Kier molecular flexibility index (Phi) is 5.93. The van der Waals surface area contributed by atoms with Gasteiger partial charge in [-0.1, -0.05) is 0 Å². The van der Waals surface area contributed by atoms with E-state index >= 15 is 0 Å². The first-order valence-corrected chi connectivity index (χ1v) is 4.95. The van der Waals surface area contributed by atoms with Crippen molar-refractivity contribution in [3.05, 3.63) is 0 Å². The minimum absolute atomic E-state index is 0.0751. The van der Waals surface area contributed by atoms with Crippen molar-refractivity contribution < 1.29 is 19.4 Å². The fraction of sp³-hybridized carbons (Fsp3) is 0.800. The average molecular weight is 217 g/mol. The minimum atomic E-state index is -0.896. The summed E-state index contributed by atoms with van der Waals surface area (Å²) in [5.41, 5.74) is -0.453. The van der Waals surface area contributed by atoms with E-state index < -0.39 is 11.6 Å². The Bertz CT molecular complexity index is 220. The first-order valence-electron chi connectivity index (χ1n) is 4.95. The SMILES string of the molecule is CC(C)(C)OC(=O)CCCNCC(=O)O. The van der Waals surface area contributed by atoms with Gasteiger partial charge in [0.2, 0.25) is 0 Å². The molecule has 0 unspecified atom stereocenters. The van der Waals surface area contributed by atoms with Gasteiger partial charge in [-0.2, -0.15) is 0 Å². The summed E-state index contributed by atoms with van der Waals surface area (Å²) in [6.45, 7) is 5.87. The number of nitrogens with one attached hydrogen (secondary N) is 1. The highest BCUT2D eigenvalue weighted by Gasteiger charge is 2.15. The van der Waals surface area contributed by atoms with E-state index in [0.29, 0.717) is 19.4 Å². The van der Waals surface area contributed by atoms with Crippen LogP contribution >= 0.6 is 0 Å². The largest absolute Gasteiger partial charge is 0.480 e.